The summed E-state index contributed by atoms with van der Waals surface area (Å²) in [5.41, 5.74) is 2.65. The Bertz CT molecular complexity index is 996. The summed E-state index contributed by atoms with van der Waals surface area (Å²) in [5.74, 6) is 1.40. The van der Waals surface area contributed by atoms with Crippen molar-refractivity contribution in [3.63, 3.8) is 0 Å². The maximum atomic E-state index is 12.6. The number of aryl methyl sites for hydroxylation is 2. The van der Waals surface area contributed by atoms with Gasteiger partial charge in [0.05, 0.1) is 17.8 Å². The fourth-order valence-electron chi connectivity index (χ4n) is 2.84. The summed E-state index contributed by atoms with van der Waals surface area (Å²) in [4.78, 5) is 12.6. The summed E-state index contributed by atoms with van der Waals surface area (Å²) < 4.78 is 12.6. The minimum Gasteiger partial charge on any atom is -0.497 e. The molecule has 0 amide bonds. The van der Waals surface area contributed by atoms with E-state index in [9.17, 15) is 4.79 Å². The third kappa shape index (κ3) is 4.89. The van der Waals surface area contributed by atoms with Gasteiger partial charge in [0, 0.05) is 6.54 Å². The molecule has 1 aromatic heterocycles. The predicted molar refractivity (Wildman–Crippen MR) is 113 cm³/mol. The third-order valence-electron chi connectivity index (χ3n) is 4.48. The fraction of sp³-hybridized carbons (Fsp3) is 0.227. The zero-order valence-electron chi connectivity index (χ0n) is 15.7. The van der Waals surface area contributed by atoms with E-state index >= 15 is 0 Å². The highest BCUT2D eigenvalue weighted by molar-refractivity contribution is 6.34. The van der Waals surface area contributed by atoms with E-state index < -0.39 is 0 Å². The molecule has 0 bridgehead atoms. The van der Waals surface area contributed by atoms with Crippen LogP contribution in [-0.4, -0.2) is 11.7 Å². The topological polar surface area (TPSA) is 40.5 Å². The minimum absolute atomic E-state index is 0.0992. The normalized spacial score (nSPS) is 10.7. The zero-order valence-corrected chi connectivity index (χ0v) is 17.3. The maximum absolute atomic E-state index is 12.6. The second-order valence-electron chi connectivity index (χ2n) is 6.44. The van der Waals surface area contributed by atoms with Crippen molar-refractivity contribution in [1.29, 1.82) is 0 Å². The molecule has 0 saturated carbocycles. The maximum Gasteiger partial charge on any atom is 0.269 e. The second-order valence-corrected chi connectivity index (χ2v) is 7.26. The molecule has 0 radical (unpaired) electrons. The molecule has 6 heteroatoms. The van der Waals surface area contributed by atoms with E-state index in [1.807, 2.05) is 19.1 Å². The average Bonchev–Trinajstić information content (AvgIpc) is 2.70. The number of methoxy groups -OCH3 is 1. The van der Waals surface area contributed by atoms with Crippen LogP contribution in [0.25, 0.3) is 0 Å². The van der Waals surface area contributed by atoms with Crippen LogP contribution in [0, 0.1) is 6.92 Å². The molecule has 2 aromatic carbocycles. The van der Waals surface area contributed by atoms with Gasteiger partial charge in [0.2, 0.25) is 0 Å². The van der Waals surface area contributed by atoms with E-state index in [4.69, 9.17) is 32.7 Å². The van der Waals surface area contributed by atoms with Crippen LogP contribution in [0.1, 0.15) is 16.8 Å². The first-order valence-corrected chi connectivity index (χ1v) is 9.63. The molecule has 0 saturated heterocycles. The summed E-state index contributed by atoms with van der Waals surface area (Å²) in [6, 6.07) is 16.9. The van der Waals surface area contributed by atoms with Crippen molar-refractivity contribution < 1.29 is 9.47 Å². The number of nitrogens with zero attached hydrogens (tertiary/aromatic N) is 1. The van der Waals surface area contributed by atoms with Crippen LogP contribution in [-0.2, 0) is 19.6 Å². The summed E-state index contributed by atoms with van der Waals surface area (Å²) in [5, 5.41) is 0.504. The number of hydrogen-bond donors (Lipinski definition) is 0. The van der Waals surface area contributed by atoms with Crippen LogP contribution in [0.5, 0.6) is 11.5 Å². The van der Waals surface area contributed by atoms with Crippen LogP contribution in [0.4, 0.5) is 0 Å². The van der Waals surface area contributed by atoms with Crippen LogP contribution in [0.15, 0.2) is 59.4 Å². The van der Waals surface area contributed by atoms with Gasteiger partial charge in [0.1, 0.15) is 23.1 Å². The highest BCUT2D eigenvalue weighted by atomic mass is 35.5. The summed E-state index contributed by atoms with van der Waals surface area (Å²) >= 11 is 12.5. The predicted octanol–water partition coefficient (Wildman–Crippen LogP) is 5.29. The lowest BCUT2D eigenvalue weighted by molar-refractivity contribution is 0.292. The van der Waals surface area contributed by atoms with Crippen molar-refractivity contribution in [1.82, 2.24) is 4.57 Å². The van der Waals surface area contributed by atoms with Crippen molar-refractivity contribution >= 4 is 23.2 Å². The molecule has 0 atom stereocenters. The van der Waals surface area contributed by atoms with Gasteiger partial charge in [-0.05, 0) is 49.2 Å². The SMILES string of the molecule is COc1ccc(OCc2c(Cl)cc(Cl)c(=O)n2CCc2ccc(C)cc2)cc1. The van der Waals surface area contributed by atoms with Crippen LogP contribution >= 0.6 is 23.2 Å². The number of pyridine rings is 1. The number of hydrogen-bond acceptors (Lipinski definition) is 3. The van der Waals surface area contributed by atoms with Gasteiger partial charge in [-0.3, -0.25) is 4.79 Å². The Kier molecular flexibility index (Phi) is 6.65. The number of halogens is 2. The Labute approximate surface area is 174 Å². The molecule has 0 aliphatic heterocycles. The van der Waals surface area contributed by atoms with Crippen molar-refractivity contribution in [3.8, 4) is 11.5 Å². The Morgan fingerprint density at radius 3 is 2.21 bits per heavy atom. The lowest BCUT2D eigenvalue weighted by Gasteiger charge is -2.16. The fourth-order valence-corrected chi connectivity index (χ4v) is 3.37. The van der Waals surface area contributed by atoms with Crippen LogP contribution < -0.4 is 15.0 Å². The number of ether oxygens (including phenoxy) is 2. The molecule has 3 rings (SSSR count). The van der Waals surface area contributed by atoms with Crippen molar-refractivity contribution in [3.05, 3.63) is 91.8 Å². The molecule has 0 aliphatic carbocycles. The largest absolute Gasteiger partial charge is 0.497 e. The summed E-state index contributed by atoms with van der Waals surface area (Å²) in [6.07, 6.45) is 0.687. The number of aromatic nitrogens is 1. The molecule has 3 aromatic rings. The van der Waals surface area contributed by atoms with E-state index in [0.29, 0.717) is 29.4 Å². The van der Waals surface area contributed by atoms with Crippen molar-refractivity contribution in [2.24, 2.45) is 0 Å². The van der Waals surface area contributed by atoms with E-state index in [-0.39, 0.29) is 17.2 Å². The first-order valence-electron chi connectivity index (χ1n) is 8.88. The lowest BCUT2D eigenvalue weighted by Crippen LogP contribution is -2.26. The first-order chi connectivity index (χ1) is 13.5. The standard InChI is InChI=1S/C22H21Cl2NO3/c1-15-3-5-16(6-4-15)11-12-25-21(19(23)13-20(24)22(25)26)14-28-18-9-7-17(27-2)8-10-18/h3-10,13H,11-12,14H2,1-2H3. The highest BCUT2D eigenvalue weighted by Gasteiger charge is 2.14. The minimum atomic E-state index is -0.272. The van der Waals surface area contributed by atoms with E-state index in [2.05, 4.69) is 24.3 Å². The number of benzene rings is 2. The van der Waals surface area contributed by atoms with Crippen LogP contribution in [0.2, 0.25) is 10.0 Å². The van der Waals surface area contributed by atoms with Crippen LogP contribution in [0.3, 0.4) is 0 Å². The first kappa shape index (κ1) is 20.3. The zero-order chi connectivity index (χ0) is 20.1. The summed E-state index contributed by atoms with van der Waals surface area (Å²) in [6.45, 7) is 2.66. The van der Waals surface area contributed by atoms with Gasteiger partial charge >= 0.3 is 0 Å². The molecule has 1 heterocycles. The van der Waals surface area contributed by atoms with Gasteiger partial charge in [-0.25, -0.2) is 0 Å². The van der Waals surface area contributed by atoms with Gasteiger partial charge in [-0.2, -0.15) is 0 Å². The Morgan fingerprint density at radius 2 is 1.57 bits per heavy atom. The van der Waals surface area contributed by atoms with Gasteiger partial charge < -0.3 is 14.0 Å². The van der Waals surface area contributed by atoms with Gasteiger partial charge in [0.15, 0.2) is 0 Å². The molecule has 0 spiro atoms. The molecular formula is C22H21Cl2NO3. The molecule has 4 nitrogen and oxygen atoms in total. The molecule has 28 heavy (non-hydrogen) atoms. The van der Waals surface area contributed by atoms with Gasteiger partial charge in [-0.15, -0.1) is 0 Å². The molecule has 146 valence electrons. The molecule has 0 unspecified atom stereocenters. The Hall–Kier alpha value is -2.43. The Morgan fingerprint density at radius 1 is 0.929 bits per heavy atom. The van der Waals surface area contributed by atoms with E-state index in [0.717, 1.165) is 11.3 Å². The van der Waals surface area contributed by atoms with Gasteiger partial charge in [-0.1, -0.05) is 53.0 Å². The van der Waals surface area contributed by atoms with Crippen molar-refractivity contribution in [2.45, 2.75) is 26.5 Å². The Balaban J connectivity index is 1.81. The molecule has 0 aliphatic rings. The monoisotopic (exact) mass is 417 g/mol. The van der Waals surface area contributed by atoms with E-state index in [1.54, 1.807) is 23.8 Å². The quantitative estimate of drug-likeness (QED) is 0.523. The second kappa shape index (κ2) is 9.18. The summed E-state index contributed by atoms with van der Waals surface area (Å²) in [7, 11) is 1.61. The van der Waals surface area contributed by atoms with E-state index in [1.165, 1.54) is 11.6 Å². The molecular weight excluding hydrogens is 397 g/mol. The van der Waals surface area contributed by atoms with Crippen molar-refractivity contribution in [2.75, 3.05) is 7.11 Å². The van der Waals surface area contributed by atoms with Gasteiger partial charge in [0.25, 0.3) is 5.56 Å². The average molecular weight is 418 g/mol. The highest BCUT2D eigenvalue weighted by Crippen LogP contribution is 2.22. The lowest BCUT2D eigenvalue weighted by atomic mass is 10.1. The molecule has 0 fully saturated rings. The third-order valence-corrected chi connectivity index (χ3v) is 5.08. The smallest absolute Gasteiger partial charge is 0.269 e. The molecule has 0 N–H and O–H groups in total. The number of rotatable bonds is 7.